The second-order valence-electron chi connectivity index (χ2n) is 6.31. The number of hydrogen-bond acceptors (Lipinski definition) is 3. The van der Waals surface area contributed by atoms with E-state index in [1.165, 1.54) is 18.2 Å². The van der Waals surface area contributed by atoms with Crippen molar-refractivity contribution in [2.75, 3.05) is 7.11 Å². The molecule has 0 unspecified atom stereocenters. The van der Waals surface area contributed by atoms with E-state index in [9.17, 15) is 4.79 Å². The zero-order chi connectivity index (χ0) is 19.5. The molecule has 0 saturated heterocycles. The van der Waals surface area contributed by atoms with Crippen molar-refractivity contribution in [3.8, 4) is 0 Å². The number of esters is 1. The number of hydrogen-bond donors (Lipinski definition) is 1. The molecule has 3 heteroatoms. The predicted molar refractivity (Wildman–Crippen MR) is 112 cm³/mol. The second-order valence-corrected chi connectivity index (χ2v) is 6.31. The van der Waals surface area contributed by atoms with Gasteiger partial charge in [-0.2, -0.15) is 0 Å². The molecule has 1 atom stereocenters. The highest BCUT2D eigenvalue weighted by Gasteiger charge is 2.18. The lowest BCUT2D eigenvalue weighted by atomic mass is 10.0. The topological polar surface area (TPSA) is 38.3 Å². The predicted octanol–water partition coefficient (Wildman–Crippen LogP) is 4.71. The van der Waals surface area contributed by atoms with Crippen molar-refractivity contribution < 1.29 is 9.53 Å². The average Bonchev–Trinajstić information content (AvgIpc) is 2.71. The van der Waals surface area contributed by atoms with Crippen LogP contribution in [0.15, 0.2) is 85.5 Å². The van der Waals surface area contributed by atoms with Crippen LogP contribution in [0.5, 0.6) is 0 Å². The van der Waals surface area contributed by atoms with Gasteiger partial charge < -0.3 is 10.1 Å². The summed E-state index contributed by atoms with van der Waals surface area (Å²) in [7, 11) is 1.42. The molecule has 1 N–H and O–H groups in total. The fourth-order valence-corrected chi connectivity index (χ4v) is 2.73. The standard InChI is InChI=1S/C24H27NO2/c1-4-5-7-10-19(2)22-15-13-21(14-16-22)18-25-23(24(26)27-3)17-20-11-8-6-9-12-20/h4-16,23,25H,1,17-18H2,2-3H3/b7-5-,19-10+/t23-/m0/s1. The molecule has 27 heavy (non-hydrogen) atoms. The Labute approximate surface area is 162 Å². The van der Waals surface area contributed by atoms with Crippen LogP contribution in [0, 0.1) is 0 Å². The highest BCUT2D eigenvalue weighted by molar-refractivity contribution is 5.76. The van der Waals surface area contributed by atoms with Crippen molar-refractivity contribution in [1.29, 1.82) is 0 Å². The van der Waals surface area contributed by atoms with Gasteiger partial charge in [-0.1, -0.05) is 85.5 Å². The minimum absolute atomic E-state index is 0.247. The third kappa shape index (κ3) is 6.72. The molecule has 0 aliphatic carbocycles. The number of rotatable bonds is 9. The average molecular weight is 361 g/mol. The van der Waals surface area contributed by atoms with E-state index in [4.69, 9.17) is 4.74 Å². The third-order valence-electron chi connectivity index (χ3n) is 4.32. The van der Waals surface area contributed by atoms with Crippen molar-refractivity contribution in [3.05, 3.63) is 102 Å². The van der Waals surface area contributed by atoms with Crippen LogP contribution in [-0.4, -0.2) is 19.1 Å². The summed E-state index contributed by atoms with van der Waals surface area (Å²) in [6.07, 6.45) is 8.29. The first-order chi connectivity index (χ1) is 13.1. The van der Waals surface area contributed by atoms with E-state index in [-0.39, 0.29) is 12.0 Å². The largest absolute Gasteiger partial charge is 0.468 e. The van der Waals surface area contributed by atoms with E-state index < -0.39 is 0 Å². The number of methoxy groups -OCH3 is 1. The molecular formula is C24H27NO2. The summed E-state index contributed by atoms with van der Waals surface area (Å²) in [5, 5.41) is 3.31. The second kappa shape index (κ2) is 10.9. The number of nitrogens with one attached hydrogen (secondary N) is 1. The molecule has 0 aromatic heterocycles. The molecule has 2 rings (SSSR count). The molecule has 0 radical (unpaired) electrons. The molecule has 2 aromatic carbocycles. The van der Waals surface area contributed by atoms with Gasteiger partial charge in [-0.25, -0.2) is 0 Å². The van der Waals surface area contributed by atoms with Gasteiger partial charge in [0.1, 0.15) is 6.04 Å². The van der Waals surface area contributed by atoms with Gasteiger partial charge >= 0.3 is 5.97 Å². The quantitative estimate of drug-likeness (QED) is 0.519. The van der Waals surface area contributed by atoms with E-state index in [0.717, 1.165) is 11.1 Å². The van der Waals surface area contributed by atoms with Gasteiger partial charge in [0.2, 0.25) is 0 Å². The Morgan fingerprint density at radius 3 is 2.41 bits per heavy atom. The van der Waals surface area contributed by atoms with Gasteiger partial charge in [-0.15, -0.1) is 0 Å². The number of carbonyl (C=O) groups excluding carboxylic acids is 1. The summed E-state index contributed by atoms with van der Waals surface area (Å²) in [4.78, 5) is 12.1. The maximum atomic E-state index is 12.1. The molecular weight excluding hydrogens is 334 g/mol. The smallest absolute Gasteiger partial charge is 0.323 e. The van der Waals surface area contributed by atoms with Crippen LogP contribution in [-0.2, 0) is 22.5 Å². The van der Waals surface area contributed by atoms with Crippen LogP contribution in [0.1, 0.15) is 23.6 Å². The molecule has 2 aromatic rings. The van der Waals surface area contributed by atoms with Gasteiger partial charge in [0, 0.05) is 6.54 Å². The van der Waals surface area contributed by atoms with Crippen molar-refractivity contribution >= 4 is 11.5 Å². The van der Waals surface area contributed by atoms with Gasteiger partial charge in [-0.3, -0.25) is 4.79 Å². The summed E-state index contributed by atoms with van der Waals surface area (Å²) in [6.45, 7) is 6.35. The van der Waals surface area contributed by atoms with Crippen LogP contribution in [0.3, 0.4) is 0 Å². The van der Waals surface area contributed by atoms with Crippen LogP contribution in [0.2, 0.25) is 0 Å². The molecule has 0 aliphatic rings. The molecule has 0 saturated carbocycles. The lowest BCUT2D eigenvalue weighted by Gasteiger charge is -2.17. The maximum Gasteiger partial charge on any atom is 0.323 e. The molecule has 0 spiro atoms. The summed E-state index contributed by atoms with van der Waals surface area (Å²) in [5.41, 5.74) is 4.57. The summed E-state index contributed by atoms with van der Waals surface area (Å²) in [5.74, 6) is -0.247. The van der Waals surface area contributed by atoms with Crippen LogP contribution in [0.4, 0.5) is 0 Å². The monoisotopic (exact) mass is 361 g/mol. The Hall–Kier alpha value is -2.91. The highest BCUT2D eigenvalue weighted by atomic mass is 16.5. The number of ether oxygens (including phenoxy) is 1. The first-order valence-electron chi connectivity index (χ1n) is 9.04. The van der Waals surface area contributed by atoms with Crippen LogP contribution >= 0.6 is 0 Å². The zero-order valence-electron chi connectivity index (χ0n) is 16.0. The number of benzene rings is 2. The lowest BCUT2D eigenvalue weighted by Crippen LogP contribution is -2.39. The van der Waals surface area contributed by atoms with Gasteiger partial charge in [0.25, 0.3) is 0 Å². The van der Waals surface area contributed by atoms with Crippen LogP contribution < -0.4 is 5.32 Å². The Balaban J connectivity index is 2.00. The SMILES string of the molecule is C=C/C=C\C=C(/C)c1ccc(CN[C@@H](Cc2ccccc2)C(=O)OC)cc1. The van der Waals surface area contributed by atoms with Crippen molar-refractivity contribution in [1.82, 2.24) is 5.32 Å². The summed E-state index contributed by atoms with van der Waals surface area (Å²) in [6, 6.07) is 17.9. The Bertz CT molecular complexity index is 789. The Morgan fingerprint density at radius 1 is 1.07 bits per heavy atom. The van der Waals surface area contributed by atoms with E-state index in [2.05, 4.69) is 49.2 Å². The first-order valence-corrected chi connectivity index (χ1v) is 9.04. The van der Waals surface area contributed by atoms with Gasteiger partial charge in [0.15, 0.2) is 0 Å². The fourth-order valence-electron chi connectivity index (χ4n) is 2.73. The van der Waals surface area contributed by atoms with Gasteiger partial charge in [-0.05, 0) is 35.6 Å². The number of carbonyl (C=O) groups is 1. The van der Waals surface area contributed by atoms with E-state index in [0.29, 0.717) is 13.0 Å². The molecule has 0 heterocycles. The lowest BCUT2D eigenvalue weighted by molar-refractivity contribution is -0.143. The van der Waals surface area contributed by atoms with E-state index in [1.54, 1.807) is 6.08 Å². The Morgan fingerprint density at radius 2 is 1.78 bits per heavy atom. The molecule has 0 fully saturated rings. The van der Waals surface area contributed by atoms with Crippen molar-refractivity contribution in [3.63, 3.8) is 0 Å². The van der Waals surface area contributed by atoms with Crippen molar-refractivity contribution in [2.45, 2.75) is 25.9 Å². The normalized spacial score (nSPS) is 12.7. The van der Waals surface area contributed by atoms with E-state index >= 15 is 0 Å². The van der Waals surface area contributed by atoms with Gasteiger partial charge in [0.05, 0.1) is 7.11 Å². The minimum atomic E-state index is -0.372. The third-order valence-corrected chi connectivity index (χ3v) is 4.32. The molecule has 0 amide bonds. The summed E-state index contributed by atoms with van der Waals surface area (Å²) >= 11 is 0. The molecule has 0 aliphatic heterocycles. The minimum Gasteiger partial charge on any atom is -0.468 e. The maximum absolute atomic E-state index is 12.1. The Kier molecular flexibility index (Phi) is 8.27. The van der Waals surface area contributed by atoms with Crippen LogP contribution in [0.25, 0.3) is 5.57 Å². The number of allylic oxidation sites excluding steroid dienone is 5. The summed E-state index contributed by atoms with van der Waals surface area (Å²) < 4.78 is 4.95. The zero-order valence-corrected chi connectivity index (χ0v) is 16.0. The van der Waals surface area contributed by atoms with Crippen molar-refractivity contribution in [2.24, 2.45) is 0 Å². The van der Waals surface area contributed by atoms with E-state index in [1.807, 2.05) is 42.5 Å². The molecule has 0 bridgehead atoms. The fraction of sp³-hybridized carbons (Fsp3) is 0.208. The highest BCUT2D eigenvalue weighted by Crippen LogP contribution is 2.15. The molecule has 140 valence electrons. The first kappa shape index (κ1) is 20.4. The molecule has 3 nitrogen and oxygen atoms in total.